The lowest BCUT2D eigenvalue weighted by atomic mass is 9.85. The minimum Gasteiger partial charge on any atom is -0.298 e. The summed E-state index contributed by atoms with van der Waals surface area (Å²) in [4.78, 5) is 2.71. The smallest absolute Gasteiger partial charge is 0.261 e. The molecule has 0 spiro atoms. The second-order valence-corrected chi connectivity index (χ2v) is 14.0. The summed E-state index contributed by atoms with van der Waals surface area (Å²) in [6.07, 6.45) is 11.7. The molecule has 0 saturated carbocycles. The summed E-state index contributed by atoms with van der Waals surface area (Å²) in [5, 5.41) is 0. The Labute approximate surface area is 235 Å². The van der Waals surface area contributed by atoms with Crippen LogP contribution in [0.5, 0.6) is 0 Å². The van der Waals surface area contributed by atoms with Crippen LogP contribution in [0.2, 0.25) is 0 Å². The van der Waals surface area contributed by atoms with Crippen molar-refractivity contribution in [2.24, 2.45) is 5.92 Å². The zero-order valence-electron chi connectivity index (χ0n) is 24.1. The first kappa shape index (κ1) is 29.5. The largest absolute Gasteiger partial charge is 0.298 e. The fraction of sp³-hybridized carbons (Fsp3) is 0.515. The van der Waals surface area contributed by atoms with Crippen molar-refractivity contribution in [3.8, 4) is 0 Å². The van der Waals surface area contributed by atoms with Crippen molar-refractivity contribution in [1.82, 2.24) is 4.90 Å². The number of anilines is 1. The molecular formula is C33H45FN2O2S. The average Bonchev–Trinajstić information content (AvgIpc) is 2.89. The predicted octanol–water partition coefficient (Wildman–Crippen LogP) is 8.11. The van der Waals surface area contributed by atoms with Crippen LogP contribution in [0.1, 0.15) is 89.3 Å². The number of rotatable bonds is 11. The molecule has 1 aliphatic carbocycles. The Morgan fingerprint density at radius 1 is 1.00 bits per heavy atom. The van der Waals surface area contributed by atoms with Crippen LogP contribution >= 0.6 is 0 Å². The lowest BCUT2D eigenvalue weighted by molar-refractivity contribution is 0.205. The maximum atomic E-state index is 14.8. The van der Waals surface area contributed by atoms with E-state index < -0.39 is 15.8 Å². The predicted molar refractivity (Wildman–Crippen MR) is 161 cm³/mol. The molecule has 1 aliphatic heterocycles. The zero-order chi connectivity index (χ0) is 28.0. The molecule has 1 N–H and O–H groups in total. The van der Waals surface area contributed by atoms with Gasteiger partial charge in [0.05, 0.1) is 10.6 Å². The summed E-state index contributed by atoms with van der Waals surface area (Å²) in [6, 6.07) is 13.8. The molecule has 6 heteroatoms. The first-order chi connectivity index (χ1) is 18.5. The van der Waals surface area contributed by atoms with Crippen molar-refractivity contribution in [2.75, 3.05) is 17.8 Å². The minimum atomic E-state index is -3.85. The summed E-state index contributed by atoms with van der Waals surface area (Å²) in [7, 11) is -3.85. The Morgan fingerprint density at radius 3 is 2.41 bits per heavy atom. The number of fused-ring (bicyclic) bond motifs is 1. The van der Waals surface area contributed by atoms with Gasteiger partial charge in [0.1, 0.15) is 5.82 Å². The highest BCUT2D eigenvalue weighted by atomic mass is 32.2. The van der Waals surface area contributed by atoms with Gasteiger partial charge in [0.15, 0.2) is 0 Å². The van der Waals surface area contributed by atoms with Crippen molar-refractivity contribution < 1.29 is 12.8 Å². The van der Waals surface area contributed by atoms with Gasteiger partial charge in [-0.25, -0.2) is 12.8 Å². The molecule has 4 nitrogen and oxygen atoms in total. The van der Waals surface area contributed by atoms with Gasteiger partial charge in [-0.1, -0.05) is 95.4 Å². The van der Waals surface area contributed by atoms with Crippen LogP contribution in [0, 0.1) is 11.7 Å². The SMILES string of the molecule is CCCCCCCc1ccc(NS(=O)(=O)C2=CCC3CN(Cc4ccc(C(C)(C)C)cc4)CCC3=C2)c(F)c1. The van der Waals surface area contributed by atoms with Gasteiger partial charge in [-0.05, 0) is 71.9 Å². The molecule has 1 unspecified atom stereocenters. The monoisotopic (exact) mass is 552 g/mol. The van der Waals surface area contributed by atoms with Crippen LogP contribution in [0.4, 0.5) is 10.1 Å². The van der Waals surface area contributed by atoms with Gasteiger partial charge in [-0.3, -0.25) is 9.62 Å². The van der Waals surface area contributed by atoms with Gasteiger partial charge < -0.3 is 0 Å². The van der Waals surface area contributed by atoms with Gasteiger partial charge in [0.25, 0.3) is 10.0 Å². The van der Waals surface area contributed by atoms with E-state index in [0.717, 1.165) is 50.9 Å². The van der Waals surface area contributed by atoms with E-state index in [9.17, 15) is 12.8 Å². The van der Waals surface area contributed by atoms with Gasteiger partial charge in [-0.2, -0.15) is 0 Å². The molecule has 0 radical (unpaired) electrons. The Balaban J connectivity index is 1.32. The first-order valence-corrected chi connectivity index (χ1v) is 16.1. The fourth-order valence-electron chi connectivity index (χ4n) is 5.56. The topological polar surface area (TPSA) is 49.4 Å². The molecule has 0 amide bonds. The van der Waals surface area contributed by atoms with Crippen molar-refractivity contribution in [1.29, 1.82) is 0 Å². The molecule has 2 aromatic carbocycles. The number of benzene rings is 2. The summed E-state index contributed by atoms with van der Waals surface area (Å²) < 4.78 is 43.6. The number of nitrogens with zero attached hydrogens (tertiary/aromatic N) is 1. The van der Waals surface area contributed by atoms with Crippen molar-refractivity contribution in [3.63, 3.8) is 0 Å². The van der Waals surface area contributed by atoms with Gasteiger partial charge in [0, 0.05) is 19.6 Å². The van der Waals surface area contributed by atoms with Crippen LogP contribution in [-0.2, 0) is 28.4 Å². The Hall–Kier alpha value is -2.44. The second kappa shape index (κ2) is 12.8. The zero-order valence-corrected chi connectivity index (χ0v) is 24.9. The number of piperidine rings is 1. The van der Waals surface area contributed by atoms with E-state index in [1.807, 2.05) is 12.1 Å². The molecular weight excluding hydrogens is 507 g/mol. The standard InChI is InChI=1S/C33H45FN2O2S/c1-5-6-7-8-9-10-25-13-18-32(31(34)21-25)35-39(37,38)30-17-14-28-24-36(20-19-27(28)22-30)23-26-11-15-29(16-12-26)33(2,3)4/h11-13,15-18,21-22,28,35H,5-10,14,19-20,23-24H2,1-4H3. The van der Waals surface area contributed by atoms with Crippen LogP contribution in [0.15, 0.2) is 65.1 Å². The van der Waals surface area contributed by atoms with E-state index in [0.29, 0.717) is 12.3 Å². The van der Waals surface area contributed by atoms with E-state index in [-0.39, 0.29) is 16.0 Å². The maximum Gasteiger partial charge on any atom is 0.261 e. The highest BCUT2D eigenvalue weighted by Crippen LogP contribution is 2.34. The van der Waals surface area contributed by atoms with Crippen molar-refractivity contribution in [2.45, 2.75) is 91.0 Å². The summed E-state index contributed by atoms with van der Waals surface area (Å²) in [5.41, 5.74) is 4.88. The highest BCUT2D eigenvalue weighted by Gasteiger charge is 2.29. The summed E-state index contributed by atoms with van der Waals surface area (Å²) in [5.74, 6) is -0.199. The summed E-state index contributed by atoms with van der Waals surface area (Å²) in [6.45, 7) is 11.6. The third-order valence-corrected chi connectivity index (χ3v) is 9.43. The third kappa shape index (κ3) is 8.04. The van der Waals surface area contributed by atoms with E-state index in [4.69, 9.17) is 0 Å². The van der Waals surface area contributed by atoms with E-state index >= 15 is 0 Å². The number of nitrogens with one attached hydrogen (secondary N) is 1. The normalized spacial score (nSPS) is 18.3. The number of allylic oxidation sites excluding steroid dienone is 2. The van der Waals surface area contributed by atoms with Crippen LogP contribution in [0.3, 0.4) is 0 Å². The second-order valence-electron chi connectivity index (χ2n) is 12.3. The number of aryl methyl sites for hydroxylation is 1. The van der Waals surface area contributed by atoms with Crippen molar-refractivity contribution in [3.05, 3.63) is 87.6 Å². The number of sulfonamides is 1. The highest BCUT2D eigenvalue weighted by molar-refractivity contribution is 7.96. The Morgan fingerprint density at radius 2 is 1.72 bits per heavy atom. The molecule has 1 heterocycles. The maximum absolute atomic E-state index is 14.8. The Bertz CT molecular complexity index is 1290. The molecule has 39 heavy (non-hydrogen) atoms. The third-order valence-electron chi connectivity index (χ3n) is 8.03. The molecule has 2 aliphatic rings. The first-order valence-electron chi connectivity index (χ1n) is 14.6. The number of hydrogen-bond donors (Lipinski definition) is 1. The summed E-state index contributed by atoms with van der Waals surface area (Å²) >= 11 is 0. The molecule has 1 saturated heterocycles. The lowest BCUT2D eigenvalue weighted by Gasteiger charge is -2.36. The fourth-order valence-corrected chi connectivity index (χ4v) is 6.76. The van der Waals surface area contributed by atoms with Crippen molar-refractivity contribution >= 4 is 15.7 Å². The quantitative estimate of drug-likeness (QED) is 0.287. The lowest BCUT2D eigenvalue weighted by Crippen LogP contribution is -2.37. The molecule has 2 aromatic rings. The molecule has 0 bridgehead atoms. The number of hydrogen-bond acceptors (Lipinski definition) is 3. The van der Waals surface area contributed by atoms with Crippen LogP contribution in [-0.4, -0.2) is 26.4 Å². The van der Waals surface area contributed by atoms with E-state index in [1.165, 1.54) is 42.0 Å². The van der Waals surface area contributed by atoms with Gasteiger partial charge >= 0.3 is 0 Å². The minimum absolute atomic E-state index is 0.0125. The molecule has 0 aromatic heterocycles. The Kier molecular flexibility index (Phi) is 9.71. The van der Waals surface area contributed by atoms with Gasteiger partial charge in [0.2, 0.25) is 0 Å². The molecule has 1 atom stereocenters. The number of halogens is 1. The number of unbranched alkanes of at least 4 members (excludes halogenated alkanes) is 4. The molecule has 212 valence electrons. The van der Waals surface area contributed by atoms with E-state index in [2.05, 4.69) is 61.6 Å². The number of likely N-dealkylation sites (tertiary alicyclic amines) is 1. The van der Waals surface area contributed by atoms with Crippen LogP contribution < -0.4 is 4.72 Å². The average molecular weight is 553 g/mol. The van der Waals surface area contributed by atoms with Crippen LogP contribution in [0.25, 0.3) is 0 Å². The van der Waals surface area contributed by atoms with E-state index in [1.54, 1.807) is 12.1 Å². The molecule has 4 rings (SSSR count). The molecule has 1 fully saturated rings. The van der Waals surface area contributed by atoms with Gasteiger partial charge in [-0.15, -0.1) is 0 Å².